The van der Waals surface area contributed by atoms with E-state index in [2.05, 4.69) is 10.4 Å². The molecule has 0 saturated carbocycles. The third-order valence-electron chi connectivity index (χ3n) is 2.96. The maximum absolute atomic E-state index is 13.3. The van der Waals surface area contributed by atoms with Crippen LogP contribution in [0, 0.1) is 17.5 Å². The third kappa shape index (κ3) is 3.62. The minimum Gasteiger partial charge on any atom is -0.383 e. The van der Waals surface area contributed by atoms with Crippen molar-refractivity contribution in [1.82, 2.24) is 15.1 Å². The molecule has 0 amide bonds. The van der Waals surface area contributed by atoms with E-state index in [1.54, 1.807) is 25.0 Å². The molecule has 0 bridgehead atoms. The molecule has 0 saturated heterocycles. The zero-order valence-electron chi connectivity index (χ0n) is 11.8. The number of hydrogen-bond donors (Lipinski definition) is 1. The maximum atomic E-state index is 13.3. The Morgan fingerprint density at radius 3 is 2.52 bits per heavy atom. The predicted molar refractivity (Wildman–Crippen MR) is 72.1 cm³/mol. The standard InChI is InChI=1S/C14H16F3N3O/c1-20-8-10(7-18-3-4-21-2)14(19-20)9-5-11(15)13(17)12(16)6-9/h5-6,8,18H,3-4,7H2,1-2H3. The van der Waals surface area contributed by atoms with Crippen molar-refractivity contribution in [3.8, 4) is 11.3 Å². The highest BCUT2D eigenvalue weighted by molar-refractivity contribution is 5.63. The number of methoxy groups -OCH3 is 1. The van der Waals surface area contributed by atoms with Crippen LogP contribution in [-0.2, 0) is 18.3 Å². The van der Waals surface area contributed by atoms with Crippen LogP contribution in [0.4, 0.5) is 13.2 Å². The van der Waals surface area contributed by atoms with E-state index in [-0.39, 0.29) is 5.56 Å². The minimum absolute atomic E-state index is 0.204. The first-order valence-corrected chi connectivity index (χ1v) is 6.40. The molecule has 2 rings (SSSR count). The highest BCUT2D eigenvalue weighted by Gasteiger charge is 2.16. The van der Waals surface area contributed by atoms with Gasteiger partial charge in [0.1, 0.15) is 0 Å². The first-order valence-electron chi connectivity index (χ1n) is 6.40. The van der Waals surface area contributed by atoms with Crippen LogP contribution < -0.4 is 5.32 Å². The molecular formula is C14H16F3N3O. The number of aromatic nitrogens is 2. The van der Waals surface area contributed by atoms with Crippen LogP contribution in [0.1, 0.15) is 5.56 Å². The van der Waals surface area contributed by atoms with Gasteiger partial charge in [-0.1, -0.05) is 0 Å². The second-order valence-electron chi connectivity index (χ2n) is 4.60. The van der Waals surface area contributed by atoms with E-state index in [9.17, 15) is 13.2 Å². The molecule has 0 radical (unpaired) electrons. The van der Waals surface area contributed by atoms with Crippen LogP contribution >= 0.6 is 0 Å². The van der Waals surface area contributed by atoms with Crippen molar-refractivity contribution in [2.24, 2.45) is 7.05 Å². The van der Waals surface area contributed by atoms with Crippen molar-refractivity contribution in [2.45, 2.75) is 6.54 Å². The summed E-state index contributed by atoms with van der Waals surface area (Å²) in [6.45, 7) is 1.65. The van der Waals surface area contributed by atoms with Crippen molar-refractivity contribution < 1.29 is 17.9 Å². The second-order valence-corrected chi connectivity index (χ2v) is 4.60. The van der Waals surface area contributed by atoms with Crippen LogP contribution in [0.3, 0.4) is 0 Å². The molecule has 2 aromatic rings. The number of hydrogen-bond acceptors (Lipinski definition) is 3. The Morgan fingerprint density at radius 1 is 1.24 bits per heavy atom. The zero-order chi connectivity index (χ0) is 15.4. The van der Waals surface area contributed by atoms with E-state index in [0.29, 0.717) is 25.4 Å². The number of nitrogens with one attached hydrogen (secondary N) is 1. The van der Waals surface area contributed by atoms with Gasteiger partial charge in [0.05, 0.1) is 12.3 Å². The highest BCUT2D eigenvalue weighted by Crippen LogP contribution is 2.25. The molecule has 114 valence electrons. The molecule has 4 nitrogen and oxygen atoms in total. The molecular weight excluding hydrogens is 283 g/mol. The smallest absolute Gasteiger partial charge is 0.194 e. The molecule has 1 heterocycles. The van der Waals surface area contributed by atoms with Gasteiger partial charge in [-0.2, -0.15) is 5.10 Å². The summed E-state index contributed by atoms with van der Waals surface area (Å²) < 4.78 is 46.2. The van der Waals surface area contributed by atoms with Gasteiger partial charge >= 0.3 is 0 Å². The summed E-state index contributed by atoms with van der Waals surface area (Å²) in [6, 6.07) is 1.89. The lowest BCUT2D eigenvalue weighted by atomic mass is 10.1. The normalized spacial score (nSPS) is 11.1. The molecule has 0 aliphatic carbocycles. The topological polar surface area (TPSA) is 39.1 Å². The van der Waals surface area contributed by atoms with E-state index < -0.39 is 17.5 Å². The van der Waals surface area contributed by atoms with Gasteiger partial charge in [0.25, 0.3) is 0 Å². The lowest BCUT2D eigenvalue weighted by Crippen LogP contribution is -2.18. The molecule has 0 atom stereocenters. The summed E-state index contributed by atoms with van der Waals surface area (Å²) >= 11 is 0. The van der Waals surface area contributed by atoms with Gasteiger partial charge in [-0.3, -0.25) is 4.68 Å². The molecule has 1 N–H and O–H groups in total. The quantitative estimate of drug-likeness (QED) is 0.657. The van der Waals surface area contributed by atoms with Gasteiger partial charge in [0.15, 0.2) is 17.5 Å². The van der Waals surface area contributed by atoms with Gasteiger partial charge in [-0.05, 0) is 12.1 Å². The second kappa shape index (κ2) is 6.73. The Morgan fingerprint density at radius 2 is 1.90 bits per heavy atom. The van der Waals surface area contributed by atoms with Crippen molar-refractivity contribution in [2.75, 3.05) is 20.3 Å². The number of benzene rings is 1. The number of nitrogens with zero attached hydrogens (tertiary/aromatic N) is 2. The van der Waals surface area contributed by atoms with Gasteiger partial charge in [-0.25, -0.2) is 13.2 Å². The fourth-order valence-corrected chi connectivity index (χ4v) is 2.00. The average molecular weight is 299 g/mol. The van der Waals surface area contributed by atoms with Gasteiger partial charge in [-0.15, -0.1) is 0 Å². The predicted octanol–water partition coefficient (Wildman–Crippen LogP) is 2.24. The number of rotatable bonds is 6. The number of halogens is 3. The van der Waals surface area contributed by atoms with Crippen molar-refractivity contribution >= 4 is 0 Å². The van der Waals surface area contributed by atoms with Crippen LogP contribution in [0.15, 0.2) is 18.3 Å². The summed E-state index contributed by atoms with van der Waals surface area (Å²) in [6.07, 6.45) is 1.74. The van der Waals surface area contributed by atoms with Crippen LogP contribution in [0.2, 0.25) is 0 Å². The van der Waals surface area contributed by atoms with E-state index >= 15 is 0 Å². The van der Waals surface area contributed by atoms with Crippen molar-refractivity contribution in [3.63, 3.8) is 0 Å². The van der Waals surface area contributed by atoms with E-state index in [1.807, 2.05) is 0 Å². The third-order valence-corrected chi connectivity index (χ3v) is 2.96. The minimum atomic E-state index is -1.48. The van der Waals surface area contributed by atoms with Crippen molar-refractivity contribution in [1.29, 1.82) is 0 Å². The fourth-order valence-electron chi connectivity index (χ4n) is 2.00. The molecule has 1 aromatic heterocycles. The highest BCUT2D eigenvalue weighted by atomic mass is 19.2. The Labute approximate surface area is 120 Å². The molecule has 7 heteroatoms. The summed E-state index contributed by atoms with van der Waals surface area (Å²) in [5.41, 5.74) is 1.38. The molecule has 1 aromatic carbocycles. The van der Waals surface area contributed by atoms with E-state index in [4.69, 9.17) is 4.74 Å². The van der Waals surface area contributed by atoms with E-state index in [0.717, 1.165) is 17.7 Å². The van der Waals surface area contributed by atoms with Crippen molar-refractivity contribution in [3.05, 3.63) is 41.3 Å². The van der Waals surface area contributed by atoms with E-state index in [1.165, 1.54) is 0 Å². The Balaban J connectivity index is 2.27. The summed E-state index contributed by atoms with van der Waals surface area (Å²) in [7, 11) is 3.31. The molecule has 0 fully saturated rings. The van der Waals surface area contributed by atoms with Crippen LogP contribution in [0.25, 0.3) is 11.3 Å². The monoisotopic (exact) mass is 299 g/mol. The largest absolute Gasteiger partial charge is 0.383 e. The first kappa shape index (κ1) is 15.5. The molecule has 0 unspecified atom stereocenters. The van der Waals surface area contributed by atoms with Gasteiger partial charge in [0.2, 0.25) is 0 Å². The molecule has 21 heavy (non-hydrogen) atoms. The lowest BCUT2D eigenvalue weighted by molar-refractivity contribution is 0.199. The maximum Gasteiger partial charge on any atom is 0.194 e. The number of aryl methyl sites for hydroxylation is 1. The zero-order valence-corrected chi connectivity index (χ0v) is 11.8. The summed E-state index contributed by atoms with van der Waals surface area (Å²) in [4.78, 5) is 0. The Bertz CT molecular complexity index is 605. The van der Waals surface area contributed by atoms with Gasteiger partial charge < -0.3 is 10.1 Å². The first-order chi connectivity index (χ1) is 10.0. The Kier molecular flexibility index (Phi) is 4.98. The summed E-state index contributed by atoms with van der Waals surface area (Å²) in [5, 5.41) is 7.31. The molecule has 0 spiro atoms. The van der Waals surface area contributed by atoms with Gasteiger partial charge in [0, 0.05) is 44.6 Å². The lowest BCUT2D eigenvalue weighted by Gasteiger charge is -2.05. The molecule has 0 aliphatic rings. The van der Waals surface area contributed by atoms with Crippen LogP contribution in [0.5, 0.6) is 0 Å². The SMILES string of the molecule is COCCNCc1cn(C)nc1-c1cc(F)c(F)c(F)c1. The average Bonchev–Trinajstić information content (AvgIpc) is 2.81. The van der Waals surface area contributed by atoms with Crippen LogP contribution in [-0.4, -0.2) is 30.0 Å². The molecule has 0 aliphatic heterocycles. The fraction of sp³-hybridized carbons (Fsp3) is 0.357. The number of ether oxygens (including phenoxy) is 1. The summed E-state index contributed by atoms with van der Waals surface area (Å²) in [5.74, 6) is -3.93. The Hall–Kier alpha value is -1.86.